The number of esters is 1. The second-order valence-electron chi connectivity index (χ2n) is 7.52. The van der Waals surface area contributed by atoms with Gasteiger partial charge in [0.05, 0.1) is 33.0 Å². The summed E-state index contributed by atoms with van der Waals surface area (Å²) in [5.74, 6) is 0.517. The number of hydrogen-bond acceptors (Lipinski definition) is 8. The average molecular weight is 483 g/mol. The van der Waals surface area contributed by atoms with Crippen LogP contribution in [0.4, 0.5) is 0 Å². The number of ether oxygens (including phenoxy) is 4. The Morgan fingerprint density at radius 2 is 1.56 bits per heavy atom. The van der Waals surface area contributed by atoms with Crippen LogP contribution in [0.25, 0.3) is 22.6 Å². The van der Waals surface area contributed by atoms with Crippen LogP contribution in [0.5, 0.6) is 23.0 Å². The van der Waals surface area contributed by atoms with Gasteiger partial charge >= 0.3 is 11.6 Å². The Labute approximate surface area is 206 Å². The Hall–Kier alpha value is -5.03. The quantitative estimate of drug-likeness (QED) is 0.117. The topological polar surface area (TPSA) is 108 Å². The number of carbonyl (C=O) groups is 1. The van der Waals surface area contributed by atoms with Crippen molar-refractivity contribution in [2.75, 3.05) is 21.3 Å². The average Bonchev–Trinajstić information content (AvgIpc) is 2.91. The van der Waals surface area contributed by atoms with E-state index in [9.17, 15) is 14.9 Å². The van der Waals surface area contributed by atoms with Gasteiger partial charge in [-0.25, -0.2) is 9.59 Å². The highest BCUT2D eigenvalue weighted by atomic mass is 16.6. The molecule has 0 spiro atoms. The van der Waals surface area contributed by atoms with Crippen molar-refractivity contribution in [3.63, 3.8) is 0 Å². The fraction of sp³-hybridized carbons (Fsp3) is 0.107. The molecule has 4 aromatic rings. The molecule has 0 saturated heterocycles. The minimum absolute atomic E-state index is 0.108. The van der Waals surface area contributed by atoms with E-state index in [1.54, 1.807) is 60.7 Å². The summed E-state index contributed by atoms with van der Waals surface area (Å²) in [6.07, 6.45) is 1.66. The SMILES string of the molecule is COc1ccc(/C(C#N)=C\c2ccc(OC(=O)c3cc4ccccc4oc3=O)c(OC)c2)cc1OC. The summed E-state index contributed by atoms with van der Waals surface area (Å²) in [7, 11) is 4.47. The van der Waals surface area contributed by atoms with Gasteiger partial charge in [0, 0.05) is 5.39 Å². The van der Waals surface area contributed by atoms with Crippen LogP contribution in [-0.2, 0) is 0 Å². The van der Waals surface area contributed by atoms with Gasteiger partial charge < -0.3 is 23.4 Å². The third-order valence-electron chi connectivity index (χ3n) is 5.38. The van der Waals surface area contributed by atoms with Gasteiger partial charge in [-0.05, 0) is 59.7 Å². The lowest BCUT2D eigenvalue weighted by atomic mass is 10.0. The minimum Gasteiger partial charge on any atom is -0.493 e. The van der Waals surface area contributed by atoms with Gasteiger partial charge in [-0.2, -0.15) is 5.26 Å². The Morgan fingerprint density at radius 1 is 0.861 bits per heavy atom. The first-order chi connectivity index (χ1) is 17.5. The Bertz CT molecular complexity index is 1580. The van der Waals surface area contributed by atoms with Crippen LogP contribution in [0, 0.1) is 11.3 Å². The van der Waals surface area contributed by atoms with E-state index in [2.05, 4.69) is 6.07 Å². The van der Waals surface area contributed by atoms with Crippen molar-refractivity contribution in [2.24, 2.45) is 0 Å². The molecule has 0 bridgehead atoms. The molecule has 0 radical (unpaired) electrons. The number of carbonyl (C=O) groups excluding carboxylic acids is 1. The molecule has 1 aromatic heterocycles. The fourth-order valence-electron chi connectivity index (χ4n) is 3.57. The van der Waals surface area contributed by atoms with Crippen LogP contribution >= 0.6 is 0 Å². The number of hydrogen-bond donors (Lipinski definition) is 0. The van der Waals surface area contributed by atoms with Crippen molar-refractivity contribution >= 4 is 28.6 Å². The van der Waals surface area contributed by atoms with E-state index in [-0.39, 0.29) is 17.1 Å². The standard InChI is InChI=1S/C28H21NO7/c1-32-23-11-9-18(15-26(23)34-3)20(16-29)12-17-8-10-24(25(13-17)33-2)36-28(31)21-14-19-6-4-5-7-22(19)35-27(21)30/h4-15H,1-3H3/b20-12-. The van der Waals surface area contributed by atoms with Crippen LogP contribution in [0.1, 0.15) is 21.5 Å². The third-order valence-corrected chi connectivity index (χ3v) is 5.38. The number of nitrogens with zero attached hydrogens (tertiary/aromatic N) is 1. The fourth-order valence-corrected chi connectivity index (χ4v) is 3.57. The van der Waals surface area contributed by atoms with E-state index in [4.69, 9.17) is 23.4 Å². The molecule has 4 rings (SSSR count). The van der Waals surface area contributed by atoms with Gasteiger partial charge in [0.15, 0.2) is 23.0 Å². The molecule has 8 heteroatoms. The van der Waals surface area contributed by atoms with Crippen molar-refractivity contribution in [1.29, 1.82) is 5.26 Å². The second kappa shape index (κ2) is 10.5. The molecular weight excluding hydrogens is 462 g/mol. The van der Waals surface area contributed by atoms with Crippen molar-refractivity contribution in [3.05, 3.63) is 93.8 Å². The molecule has 1 heterocycles. The predicted molar refractivity (Wildman–Crippen MR) is 133 cm³/mol. The highest BCUT2D eigenvalue weighted by Crippen LogP contribution is 2.33. The zero-order valence-corrected chi connectivity index (χ0v) is 19.7. The lowest BCUT2D eigenvalue weighted by Gasteiger charge is -2.11. The maximum Gasteiger partial charge on any atom is 0.351 e. The number of nitriles is 1. The van der Waals surface area contributed by atoms with Gasteiger partial charge in [-0.1, -0.05) is 24.3 Å². The van der Waals surface area contributed by atoms with Gasteiger partial charge in [0.2, 0.25) is 0 Å². The number of allylic oxidation sites excluding steroid dienone is 1. The summed E-state index contributed by atoms with van der Waals surface area (Å²) < 4.78 is 26.6. The third kappa shape index (κ3) is 4.91. The monoisotopic (exact) mass is 483 g/mol. The van der Waals surface area contributed by atoms with Crippen LogP contribution in [0.2, 0.25) is 0 Å². The molecule has 8 nitrogen and oxygen atoms in total. The molecule has 0 fully saturated rings. The number of fused-ring (bicyclic) bond motifs is 1. The molecule has 0 saturated carbocycles. The van der Waals surface area contributed by atoms with E-state index in [1.165, 1.54) is 33.5 Å². The molecule has 0 N–H and O–H groups in total. The summed E-state index contributed by atoms with van der Waals surface area (Å²) in [5, 5.41) is 10.3. The highest BCUT2D eigenvalue weighted by molar-refractivity contribution is 5.94. The summed E-state index contributed by atoms with van der Waals surface area (Å²) >= 11 is 0. The lowest BCUT2D eigenvalue weighted by Crippen LogP contribution is -2.19. The van der Waals surface area contributed by atoms with E-state index in [0.29, 0.717) is 39.2 Å². The van der Waals surface area contributed by atoms with E-state index < -0.39 is 11.6 Å². The summed E-state index contributed by atoms with van der Waals surface area (Å²) in [6, 6.07) is 20.4. The van der Waals surface area contributed by atoms with E-state index in [1.807, 2.05) is 0 Å². The lowest BCUT2D eigenvalue weighted by molar-refractivity contribution is 0.0725. The molecule has 0 amide bonds. The first kappa shape index (κ1) is 24.1. The second-order valence-corrected chi connectivity index (χ2v) is 7.52. The van der Waals surface area contributed by atoms with Crippen molar-refractivity contribution in [3.8, 4) is 29.1 Å². The van der Waals surface area contributed by atoms with Crippen LogP contribution in [0.3, 0.4) is 0 Å². The number of benzene rings is 3. The molecule has 3 aromatic carbocycles. The molecule has 0 atom stereocenters. The number of rotatable bonds is 7. The molecular formula is C28H21NO7. The molecule has 0 aliphatic heterocycles. The van der Waals surface area contributed by atoms with Gasteiger partial charge in [0.25, 0.3) is 0 Å². The smallest absolute Gasteiger partial charge is 0.351 e. The molecule has 36 heavy (non-hydrogen) atoms. The summed E-state index contributed by atoms with van der Waals surface area (Å²) in [5.41, 5.74) is 0.966. The Kier molecular flexibility index (Phi) is 7.02. The normalized spacial score (nSPS) is 11.0. The largest absolute Gasteiger partial charge is 0.493 e. The summed E-state index contributed by atoms with van der Waals surface area (Å²) in [4.78, 5) is 25.0. The molecule has 0 aliphatic rings. The van der Waals surface area contributed by atoms with E-state index >= 15 is 0 Å². The molecule has 0 aliphatic carbocycles. The van der Waals surface area contributed by atoms with Gasteiger partial charge in [-0.15, -0.1) is 0 Å². The van der Waals surface area contributed by atoms with E-state index in [0.717, 1.165) is 0 Å². The van der Waals surface area contributed by atoms with Crippen molar-refractivity contribution in [2.45, 2.75) is 0 Å². The Balaban J connectivity index is 1.63. The van der Waals surface area contributed by atoms with Crippen LogP contribution in [0.15, 0.2) is 75.9 Å². The maximum atomic E-state index is 12.7. The maximum absolute atomic E-state index is 12.7. The minimum atomic E-state index is -0.876. The van der Waals surface area contributed by atoms with Crippen molar-refractivity contribution in [1.82, 2.24) is 0 Å². The van der Waals surface area contributed by atoms with Gasteiger partial charge in [0.1, 0.15) is 11.1 Å². The van der Waals surface area contributed by atoms with Gasteiger partial charge in [-0.3, -0.25) is 0 Å². The zero-order valence-electron chi connectivity index (χ0n) is 19.7. The number of para-hydroxylation sites is 1. The van der Waals surface area contributed by atoms with Crippen molar-refractivity contribution < 1.29 is 28.2 Å². The predicted octanol–water partition coefficient (Wildman–Crippen LogP) is 5.10. The van der Waals surface area contributed by atoms with Crippen LogP contribution < -0.4 is 24.6 Å². The first-order valence-corrected chi connectivity index (χ1v) is 10.7. The first-order valence-electron chi connectivity index (χ1n) is 10.7. The van der Waals surface area contributed by atoms with Crippen LogP contribution in [-0.4, -0.2) is 27.3 Å². The highest BCUT2D eigenvalue weighted by Gasteiger charge is 2.18. The summed E-state index contributed by atoms with van der Waals surface area (Å²) in [6.45, 7) is 0. The molecule has 180 valence electrons. The zero-order chi connectivity index (χ0) is 25.7. The number of methoxy groups -OCH3 is 3. The molecule has 0 unspecified atom stereocenters. The Morgan fingerprint density at radius 3 is 2.28 bits per heavy atom.